The Morgan fingerprint density at radius 3 is 3.00 bits per heavy atom. The van der Waals surface area contributed by atoms with E-state index in [9.17, 15) is 0 Å². The number of rotatable bonds is 3. The third kappa shape index (κ3) is 2.44. The summed E-state index contributed by atoms with van der Waals surface area (Å²) in [5, 5.41) is 6.16. The number of nitrogens with zero attached hydrogens (tertiary/aromatic N) is 2. The van der Waals surface area contributed by atoms with Crippen molar-refractivity contribution >= 4 is 22.8 Å². The standard InChI is InChI=1S/C10H12N4S/c1-7-5-13-9(4-8(7)11)14-6-10-12-2-3-15-10/h2-5H,6H2,1H3,(H3,11,13,14). The summed E-state index contributed by atoms with van der Waals surface area (Å²) in [5.74, 6) is 0.785. The summed E-state index contributed by atoms with van der Waals surface area (Å²) in [6.45, 7) is 2.63. The first-order valence-electron chi connectivity index (χ1n) is 4.60. The van der Waals surface area contributed by atoms with Crippen LogP contribution in [0.3, 0.4) is 0 Å². The van der Waals surface area contributed by atoms with E-state index in [-0.39, 0.29) is 0 Å². The molecule has 0 aromatic carbocycles. The van der Waals surface area contributed by atoms with Crippen LogP contribution in [0.25, 0.3) is 0 Å². The fourth-order valence-corrected chi connectivity index (χ4v) is 1.70. The van der Waals surface area contributed by atoms with E-state index in [0.717, 1.165) is 22.1 Å². The molecule has 2 heterocycles. The van der Waals surface area contributed by atoms with Gasteiger partial charge in [-0.3, -0.25) is 0 Å². The topological polar surface area (TPSA) is 63.8 Å². The second-order valence-corrected chi connectivity index (χ2v) is 4.18. The minimum Gasteiger partial charge on any atom is -0.398 e. The smallest absolute Gasteiger partial charge is 0.128 e. The van der Waals surface area contributed by atoms with Gasteiger partial charge in [0.15, 0.2) is 0 Å². The maximum absolute atomic E-state index is 5.78. The summed E-state index contributed by atoms with van der Waals surface area (Å²) in [5.41, 5.74) is 7.53. The van der Waals surface area contributed by atoms with Gasteiger partial charge < -0.3 is 11.1 Å². The van der Waals surface area contributed by atoms with Crippen molar-refractivity contribution in [2.45, 2.75) is 13.5 Å². The van der Waals surface area contributed by atoms with Crippen LogP contribution in [0.2, 0.25) is 0 Å². The Morgan fingerprint density at radius 2 is 2.33 bits per heavy atom. The summed E-state index contributed by atoms with van der Waals surface area (Å²) < 4.78 is 0. The van der Waals surface area contributed by atoms with Crippen molar-refractivity contribution in [3.63, 3.8) is 0 Å². The first kappa shape index (κ1) is 9.92. The first-order valence-corrected chi connectivity index (χ1v) is 5.48. The van der Waals surface area contributed by atoms with Gasteiger partial charge in [-0.25, -0.2) is 9.97 Å². The normalized spacial score (nSPS) is 10.2. The van der Waals surface area contributed by atoms with Crippen LogP contribution in [-0.2, 0) is 6.54 Å². The molecule has 0 amide bonds. The minimum atomic E-state index is 0.688. The number of pyridine rings is 1. The molecule has 0 saturated heterocycles. The number of thiazole rings is 1. The van der Waals surface area contributed by atoms with Crippen LogP contribution in [0.4, 0.5) is 11.5 Å². The Morgan fingerprint density at radius 1 is 1.47 bits per heavy atom. The zero-order valence-corrected chi connectivity index (χ0v) is 9.21. The van der Waals surface area contributed by atoms with E-state index in [4.69, 9.17) is 5.73 Å². The zero-order chi connectivity index (χ0) is 10.7. The van der Waals surface area contributed by atoms with Gasteiger partial charge >= 0.3 is 0 Å². The largest absolute Gasteiger partial charge is 0.398 e. The van der Waals surface area contributed by atoms with Crippen molar-refractivity contribution in [3.8, 4) is 0 Å². The summed E-state index contributed by atoms with van der Waals surface area (Å²) in [4.78, 5) is 8.39. The molecule has 15 heavy (non-hydrogen) atoms. The van der Waals surface area contributed by atoms with Crippen LogP contribution in [0.1, 0.15) is 10.6 Å². The van der Waals surface area contributed by atoms with Crippen LogP contribution in [0, 0.1) is 6.92 Å². The van der Waals surface area contributed by atoms with Gasteiger partial charge in [-0.1, -0.05) is 0 Å². The number of hydrogen-bond donors (Lipinski definition) is 2. The highest BCUT2D eigenvalue weighted by atomic mass is 32.1. The van der Waals surface area contributed by atoms with Crippen molar-refractivity contribution < 1.29 is 0 Å². The molecule has 0 bridgehead atoms. The summed E-state index contributed by atoms with van der Waals surface area (Å²) in [6, 6.07) is 1.84. The number of aryl methyl sites for hydroxylation is 1. The molecule has 0 saturated carbocycles. The SMILES string of the molecule is Cc1cnc(NCc2nccs2)cc1N. The van der Waals surface area contributed by atoms with Gasteiger partial charge in [0, 0.05) is 29.5 Å². The fourth-order valence-electron chi connectivity index (χ4n) is 1.14. The lowest BCUT2D eigenvalue weighted by Gasteiger charge is -2.05. The number of nitrogen functional groups attached to an aromatic ring is 1. The third-order valence-corrected chi connectivity index (χ3v) is 2.83. The van der Waals surface area contributed by atoms with Crippen LogP contribution in [0.15, 0.2) is 23.8 Å². The molecular weight excluding hydrogens is 208 g/mol. The van der Waals surface area contributed by atoms with Crippen molar-refractivity contribution in [2.75, 3.05) is 11.1 Å². The summed E-state index contributed by atoms with van der Waals surface area (Å²) in [6.07, 6.45) is 3.55. The van der Waals surface area contributed by atoms with Crippen molar-refractivity contribution in [1.29, 1.82) is 0 Å². The van der Waals surface area contributed by atoms with Gasteiger partial charge in [0.1, 0.15) is 10.8 Å². The van der Waals surface area contributed by atoms with E-state index < -0.39 is 0 Å². The van der Waals surface area contributed by atoms with E-state index in [1.165, 1.54) is 0 Å². The molecule has 0 spiro atoms. The average molecular weight is 220 g/mol. The molecule has 0 fully saturated rings. The Labute approximate surface area is 92.2 Å². The Hall–Kier alpha value is -1.62. The minimum absolute atomic E-state index is 0.688. The molecular formula is C10H12N4S. The number of hydrogen-bond acceptors (Lipinski definition) is 5. The maximum atomic E-state index is 5.78. The van der Waals surface area contributed by atoms with Gasteiger partial charge in [0.05, 0.1) is 6.54 Å². The van der Waals surface area contributed by atoms with E-state index in [1.54, 1.807) is 23.7 Å². The molecule has 0 aliphatic rings. The number of anilines is 2. The second-order valence-electron chi connectivity index (χ2n) is 3.21. The lowest BCUT2D eigenvalue weighted by Crippen LogP contribution is -2.02. The average Bonchev–Trinajstić information content (AvgIpc) is 2.73. The summed E-state index contributed by atoms with van der Waals surface area (Å²) in [7, 11) is 0. The maximum Gasteiger partial charge on any atom is 0.128 e. The van der Waals surface area contributed by atoms with Crippen LogP contribution < -0.4 is 11.1 Å². The molecule has 5 heteroatoms. The molecule has 2 aromatic heterocycles. The lowest BCUT2D eigenvalue weighted by atomic mass is 10.2. The van der Waals surface area contributed by atoms with Gasteiger partial charge in [-0.05, 0) is 12.5 Å². The Balaban J connectivity index is 2.02. The fraction of sp³-hybridized carbons (Fsp3) is 0.200. The van der Waals surface area contributed by atoms with Crippen molar-refractivity contribution in [3.05, 3.63) is 34.4 Å². The Kier molecular flexibility index (Phi) is 2.82. The van der Waals surface area contributed by atoms with Gasteiger partial charge in [0.25, 0.3) is 0 Å². The predicted octanol–water partition coefficient (Wildman–Crippen LogP) is 2.04. The highest BCUT2D eigenvalue weighted by Gasteiger charge is 1.99. The molecule has 78 valence electrons. The molecule has 2 aromatic rings. The van der Waals surface area contributed by atoms with E-state index in [2.05, 4.69) is 15.3 Å². The highest BCUT2D eigenvalue weighted by Crippen LogP contribution is 2.14. The predicted molar refractivity (Wildman–Crippen MR) is 62.8 cm³/mol. The van der Waals surface area contributed by atoms with Gasteiger partial charge in [-0.2, -0.15) is 0 Å². The highest BCUT2D eigenvalue weighted by molar-refractivity contribution is 7.09. The van der Waals surface area contributed by atoms with Crippen LogP contribution in [0.5, 0.6) is 0 Å². The third-order valence-electron chi connectivity index (χ3n) is 2.05. The molecule has 0 aliphatic carbocycles. The number of nitrogens with two attached hydrogens (primary N) is 1. The second kappa shape index (κ2) is 4.27. The molecule has 0 radical (unpaired) electrons. The monoisotopic (exact) mass is 220 g/mol. The molecule has 0 atom stereocenters. The Bertz CT molecular complexity index is 439. The number of aromatic nitrogens is 2. The molecule has 2 rings (SSSR count). The molecule has 4 nitrogen and oxygen atoms in total. The zero-order valence-electron chi connectivity index (χ0n) is 8.40. The van der Waals surface area contributed by atoms with E-state index >= 15 is 0 Å². The molecule has 0 aliphatic heterocycles. The van der Waals surface area contributed by atoms with Gasteiger partial charge in [-0.15, -0.1) is 11.3 Å². The van der Waals surface area contributed by atoms with Gasteiger partial charge in [0.2, 0.25) is 0 Å². The van der Waals surface area contributed by atoms with Crippen LogP contribution in [-0.4, -0.2) is 9.97 Å². The quantitative estimate of drug-likeness (QED) is 0.830. The van der Waals surface area contributed by atoms with Crippen molar-refractivity contribution in [2.24, 2.45) is 0 Å². The van der Waals surface area contributed by atoms with E-state index in [1.807, 2.05) is 18.4 Å². The lowest BCUT2D eigenvalue weighted by molar-refractivity contribution is 1.08. The van der Waals surface area contributed by atoms with E-state index in [0.29, 0.717) is 6.54 Å². The number of nitrogens with one attached hydrogen (secondary N) is 1. The summed E-state index contributed by atoms with van der Waals surface area (Å²) >= 11 is 1.62. The first-order chi connectivity index (χ1) is 7.25. The van der Waals surface area contributed by atoms with Crippen LogP contribution >= 0.6 is 11.3 Å². The van der Waals surface area contributed by atoms with Crippen molar-refractivity contribution in [1.82, 2.24) is 9.97 Å². The molecule has 3 N–H and O–H groups in total. The molecule has 0 unspecified atom stereocenters.